The Morgan fingerprint density at radius 2 is 1.60 bits per heavy atom. The minimum absolute atomic E-state index is 0.281. The molecule has 2 aromatic rings. The van der Waals surface area contributed by atoms with Crippen LogP contribution in [-0.2, 0) is 0 Å². The first-order valence-electron chi connectivity index (χ1n) is 7.42. The van der Waals surface area contributed by atoms with Crippen molar-refractivity contribution in [1.29, 1.82) is 0 Å². The number of hydrogen-bond acceptors (Lipinski definition) is 4. The smallest absolute Gasteiger partial charge is 0.257 e. The molecule has 1 N–H and O–H groups in total. The molecule has 2 amide bonds. The summed E-state index contributed by atoms with van der Waals surface area (Å²) in [6, 6.07) is 9.74. The van der Waals surface area contributed by atoms with Crippen molar-refractivity contribution in [2.75, 3.05) is 33.6 Å². The number of nitrogens with zero attached hydrogens (tertiary/aromatic N) is 1. The molecule has 0 radical (unpaired) electrons. The van der Waals surface area contributed by atoms with Crippen LogP contribution in [0.1, 0.15) is 20.7 Å². The summed E-state index contributed by atoms with van der Waals surface area (Å²) in [5.74, 6) is 0.0803. The van der Waals surface area contributed by atoms with Gasteiger partial charge in [0.05, 0.1) is 36.1 Å². The molecule has 0 fully saturated rings. The Morgan fingerprint density at radius 3 is 2.16 bits per heavy atom. The molecule has 2 rings (SSSR count). The van der Waals surface area contributed by atoms with E-state index >= 15 is 0 Å². The normalized spacial score (nSPS) is 10.1. The lowest BCUT2D eigenvalue weighted by molar-refractivity contribution is 0.0828. The second-order valence-electron chi connectivity index (χ2n) is 5.39. The molecule has 2 aromatic carbocycles. The van der Waals surface area contributed by atoms with Crippen molar-refractivity contribution in [3.8, 4) is 11.5 Å². The molecule has 6 nitrogen and oxygen atoms in total. The Labute approximate surface area is 151 Å². The summed E-state index contributed by atoms with van der Waals surface area (Å²) in [6.45, 7) is 0. The van der Waals surface area contributed by atoms with E-state index in [0.717, 1.165) is 0 Å². The lowest BCUT2D eigenvalue weighted by Crippen LogP contribution is -2.24. The van der Waals surface area contributed by atoms with Gasteiger partial charge in [0, 0.05) is 20.2 Å². The average Bonchev–Trinajstić information content (AvgIpc) is 2.60. The first-order valence-corrected chi connectivity index (χ1v) is 7.80. The van der Waals surface area contributed by atoms with Crippen LogP contribution < -0.4 is 14.8 Å². The van der Waals surface area contributed by atoms with Crippen LogP contribution in [0.2, 0.25) is 5.02 Å². The standard InChI is InChI=1S/C18H19ClN2O4/c1-21(2)18(23)12-9-15(24-3)16(25-4)10-14(12)20-17(22)11-7-5-6-8-13(11)19/h5-10H,1-4H3,(H,20,22). The summed E-state index contributed by atoms with van der Waals surface area (Å²) in [7, 11) is 6.20. The fraction of sp³-hybridized carbons (Fsp3) is 0.222. The topological polar surface area (TPSA) is 67.9 Å². The molecule has 0 aliphatic heterocycles. The van der Waals surface area contributed by atoms with Crippen LogP contribution in [0.3, 0.4) is 0 Å². The largest absolute Gasteiger partial charge is 0.493 e. The third kappa shape index (κ3) is 4.03. The fourth-order valence-corrected chi connectivity index (χ4v) is 2.46. The number of carbonyl (C=O) groups excluding carboxylic acids is 2. The SMILES string of the molecule is COc1cc(NC(=O)c2ccccc2Cl)c(C(=O)N(C)C)cc1OC. The fourth-order valence-electron chi connectivity index (χ4n) is 2.24. The third-order valence-electron chi connectivity index (χ3n) is 3.53. The van der Waals surface area contributed by atoms with Gasteiger partial charge in [0.15, 0.2) is 11.5 Å². The lowest BCUT2D eigenvalue weighted by Gasteiger charge is -2.18. The minimum atomic E-state index is -0.425. The molecule has 0 saturated carbocycles. The van der Waals surface area contributed by atoms with E-state index in [0.29, 0.717) is 27.8 Å². The summed E-state index contributed by atoms with van der Waals surface area (Å²) in [4.78, 5) is 26.4. The number of halogens is 1. The van der Waals surface area contributed by atoms with E-state index in [1.807, 2.05) is 0 Å². The predicted octanol–water partition coefficient (Wildman–Crippen LogP) is 3.31. The molecule has 0 aliphatic carbocycles. The van der Waals surface area contributed by atoms with Crippen LogP contribution in [0.25, 0.3) is 0 Å². The highest BCUT2D eigenvalue weighted by Crippen LogP contribution is 2.34. The van der Waals surface area contributed by atoms with Gasteiger partial charge in [-0.25, -0.2) is 0 Å². The van der Waals surface area contributed by atoms with Gasteiger partial charge in [-0.05, 0) is 18.2 Å². The second-order valence-corrected chi connectivity index (χ2v) is 5.79. The number of rotatable bonds is 5. The number of hydrogen-bond donors (Lipinski definition) is 1. The summed E-state index contributed by atoms with van der Waals surface area (Å²) in [5.41, 5.74) is 0.895. The highest BCUT2D eigenvalue weighted by atomic mass is 35.5. The Morgan fingerprint density at radius 1 is 1.00 bits per heavy atom. The number of methoxy groups -OCH3 is 2. The number of amides is 2. The Hall–Kier alpha value is -2.73. The molecule has 132 valence electrons. The van der Waals surface area contributed by atoms with Gasteiger partial charge in [-0.1, -0.05) is 23.7 Å². The molecule has 7 heteroatoms. The number of ether oxygens (including phenoxy) is 2. The molecular weight excluding hydrogens is 344 g/mol. The molecule has 0 saturated heterocycles. The van der Waals surface area contributed by atoms with Gasteiger partial charge in [0.1, 0.15) is 0 Å². The quantitative estimate of drug-likeness (QED) is 0.886. The van der Waals surface area contributed by atoms with E-state index in [9.17, 15) is 9.59 Å². The Balaban J connectivity index is 2.49. The van der Waals surface area contributed by atoms with Crippen LogP contribution in [0.4, 0.5) is 5.69 Å². The molecule has 0 aliphatic rings. The van der Waals surface area contributed by atoms with E-state index in [-0.39, 0.29) is 11.5 Å². The molecule has 0 atom stereocenters. The molecule has 0 bridgehead atoms. The summed E-state index contributed by atoms with van der Waals surface area (Å²) < 4.78 is 10.5. The lowest BCUT2D eigenvalue weighted by atomic mass is 10.1. The maximum atomic E-state index is 12.5. The van der Waals surface area contributed by atoms with Gasteiger partial charge in [-0.2, -0.15) is 0 Å². The van der Waals surface area contributed by atoms with Crippen molar-refractivity contribution >= 4 is 29.1 Å². The van der Waals surface area contributed by atoms with Crippen LogP contribution in [0.15, 0.2) is 36.4 Å². The zero-order chi connectivity index (χ0) is 18.6. The number of nitrogens with one attached hydrogen (secondary N) is 1. The van der Waals surface area contributed by atoms with Gasteiger partial charge < -0.3 is 19.7 Å². The average molecular weight is 363 g/mol. The number of benzene rings is 2. The maximum absolute atomic E-state index is 12.5. The van der Waals surface area contributed by atoms with Crippen LogP contribution in [-0.4, -0.2) is 45.0 Å². The van der Waals surface area contributed by atoms with Gasteiger partial charge in [-0.3, -0.25) is 9.59 Å². The minimum Gasteiger partial charge on any atom is -0.493 e. The molecular formula is C18H19ClN2O4. The Kier molecular flexibility index (Phi) is 5.88. The van der Waals surface area contributed by atoms with Gasteiger partial charge in [0.25, 0.3) is 11.8 Å². The van der Waals surface area contributed by atoms with Crippen LogP contribution >= 0.6 is 11.6 Å². The molecule has 0 unspecified atom stereocenters. The van der Waals surface area contributed by atoms with Crippen LogP contribution in [0.5, 0.6) is 11.5 Å². The zero-order valence-electron chi connectivity index (χ0n) is 14.4. The first-order chi connectivity index (χ1) is 11.9. The molecule has 25 heavy (non-hydrogen) atoms. The van der Waals surface area contributed by atoms with Crippen molar-refractivity contribution in [2.24, 2.45) is 0 Å². The van der Waals surface area contributed by atoms with Gasteiger partial charge in [0.2, 0.25) is 0 Å². The second kappa shape index (κ2) is 7.90. The highest BCUT2D eigenvalue weighted by Gasteiger charge is 2.20. The van der Waals surface area contributed by atoms with E-state index in [1.165, 1.54) is 25.2 Å². The van der Waals surface area contributed by atoms with Crippen molar-refractivity contribution in [3.63, 3.8) is 0 Å². The van der Waals surface area contributed by atoms with E-state index in [4.69, 9.17) is 21.1 Å². The van der Waals surface area contributed by atoms with Crippen molar-refractivity contribution in [3.05, 3.63) is 52.5 Å². The predicted molar refractivity (Wildman–Crippen MR) is 97.0 cm³/mol. The summed E-state index contributed by atoms with van der Waals surface area (Å²) in [6.07, 6.45) is 0. The number of carbonyl (C=O) groups is 2. The van der Waals surface area contributed by atoms with E-state index < -0.39 is 5.91 Å². The van der Waals surface area contributed by atoms with Gasteiger partial charge >= 0.3 is 0 Å². The van der Waals surface area contributed by atoms with Crippen LogP contribution in [0, 0.1) is 0 Å². The zero-order valence-corrected chi connectivity index (χ0v) is 15.2. The van der Waals surface area contributed by atoms with Crippen molar-refractivity contribution < 1.29 is 19.1 Å². The highest BCUT2D eigenvalue weighted by molar-refractivity contribution is 6.34. The van der Waals surface area contributed by atoms with Gasteiger partial charge in [-0.15, -0.1) is 0 Å². The summed E-state index contributed by atoms with van der Waals surface area (Å²) in [5, 5.41) is 3.04. The van der Waals surface area contributed by atoms with Crippen molar-refractivity contribution in [2.45, 2.75) is 0 Å². The third-order valence-corrected chi connectivity index (χ3v) is 3.86. The van der Waals surface area contributed by atoms with Crippen molar-refractivity contribution in [1.82, 2.24) is 4.90 Å². The van der Waals surface area contributed by atoms with E-state index in [2.05, 4.69) is 5.32 Å². The molecule has 0 heterocycles. The monoisotopic (exact) mass is 362 g/mol. The number of anilines is 1. The molecule has 0 spiro atoms. The summed E-state index contributed by atoms with van der Waals surface area (Å²) >= 11 is 6.06. The maximum Gasteiger partial charge on any atom is 0.257 e. The van der Waals surface area contributed by atoms with E-state index in [1.54, 1.807) is 44.4 Å². The first kappa shape index (κ1) is 18.6. The molecule has 0 aromatic heterocycles. The Bertz CT molecular complexity index is 806.